The van der Waals surface area contributed by atoms with E-state index in [2.05, 4.69) is 58.4 Å². The van der Waals surface area contributed by atoms with E-state index in [1.54, 1.807) is 6.33 Å². The van der Waals surface area contributed by atoms with Crippen molar-refractivity contribution in [2.45, 2.75) is 70.3 Å². The number of hydrogen-bond donors (Lipinski definition) is 1. The standard InChI is InChI=1S/C31H38N6O2/c1-30-12-10-26(38)34-25(30)8-7-21-23(30)9-11-31(2)24(21)17-22-27(37-29(32-18-33-37)35-28(22)31)19-3-5-20(6-4-19)36-13-15-39-16-14-36/h3-6,18,21,23-25H,7-17H2,1-2H3,(H,34,38)/t21-,23+,24+,25-,30-,31+/m1/s1. The predicted molar refractivity (Wildman–Crippen MR) is 149 cm³/mol. The van der Waals surface area contributed by atoms with Crippen LogP contribution >= 0.6 is 0 Å². The van der Waals surface area contributed by atoms with Crippen molar-refractivity contribution >= 4 is 17.4 Å². The number of anilines is 1. The summed E-state index contributed by atoms with van der Waals surface area (Å²) in [4.78, 5) is 24.4. The van der Waals surface area contributed by atoms with Crippen LogP contribution in [-0.2, 0) is 21.4 Å². The van der Waals surface area contributed by atoms with Gasteiger partial charge in [0.1, 0.15) is 6.33 Å². The third-order valence-corrected chi connectivity index (χ3v) is 11.5. The van der Waals surface area contributed by atoms with Crippen molar-refractivity contribution in [1.29, 1.82) is 0 Å². The number of aromatic nitrogens is 4. The molecule has 0 bridgehead atoms. The molecule has 2 aromatic heterocycles. The number of nitrogens with one attached hydrogen (secondary N) is 1. The first-order valence-electron chi connectivity index (χ1n) is 14.9. The molecule has 8 rings (SSSR count). The maximum absolute atomic E-state index is 12.2. The lowest BCUT2D eigenvalue weighted by Crippen LogP contribution is -2.61. The molecule has 3 aromatic rings. The highest BCUT2D eigenvalue weighted by Gasteiger charge is 2.60. The predicted octanol–water partition coefficient (Wildman–Crippen LogP) is 4.16. The molecule has 0 unspecified atom stereocenters. The normalized spacial score (nSPS) is 35.6. The van der Waals surface area contributed by atoms with E-state index in [0.717, 1.165) is 57.7 Å². The van der Waals surface area contributed by atoms with Gasteiger partial charge in [-0.1, -0.05) is 26.0 Å². The van der Waals surface area contributed by atoms with Crippen LogP contribution in [0.5, 0.6) is 0 Å². The van der Waals surface area contributed by atoms with Crippen LogP contribution in [0.25, 0.3) is 17.0 Å². The molecule has 1 N–H and O–H groups in total. The van der Waals surface area contributed by atoms with Gasteiger partial charge in [0.2, 0.25) is 5.91 Å². The molecule has 6 atom stereocenters. The number of carbonyl (C=O) groups is 1. The van der Waals surface area contributed by atoms with E-state index in [1.807, 2.05) is 4.52 Å². The molecule has 3 aliphatic carbocycles. The molecule has 2 aliphatic heterocycles. The van der Waals surface area contributed by atoms with Gasteiger partial charge in [-0.05, 0) is 73.8 Å². The van der Waals surface area contributed by atoms with Gasteiger partial charge < -0.3 is 15.0 Å². The quantitative estimate of drug-likeness (QED) is 0.540. The van der Waals surface area contributed by atoms with Gasteiger partial charge in [-0.15, -0.1) is 0 Å². The van der Waals surface area contributed by atoms with Crippen LogP contribution in [0.3, 0.4) is 0 Å². The highest BCUT2D eigenvalue weighted by atomic mass is 16.5. The number of morpholine rings is 1. The van der Waals surface area contributed by atoms with Crippen molar-refractivity contribution in [3.05, 3.63) is 41.9 Å². The number of fused-ring (bicyclic) bond motifs is 8. The average Bonchev–Trinajstić information content (AvgIpc) is 3.55. The van der Waals surface area contributed by atoms with Crippen LogP contribution < -0.4 is 10.2 Å². The summed E-state index contributed by atoms with van der Waals surface area (Å²) in [5, 5.41) is 8.03. The molecule has 1 aromatic carbocycles. The number of hydrogen-bond acceptors (Lipinski definition) is 6. The highest BCUT2D eigenvalue weighted by molar-refractivity contribution is 5.77. The zero-order valence-corrected chi connectivity index (χ0v) is 23.0. The summed E-state index contributed by atoms with van der Waals surface area (Å²) in [5.41, 5.74) is 6.47. The number of carbonyl (C=O) groups excluding carboxylic acids is 1. The number of piperidine rings is 1. The van der Waals surface area contributed by atoms with Gasteiger partial charge in [-0.3, -0.25) is 4.79 Å². The first-order chi connectivity index (χ1) is 19.0. The molecule has 8 nitrogen and oxygen atoms in total. The van der Waals surface area contributed by atoms with E-state index in [4.69, 9.17) is 9.72 Å². The minimum Gasteiger partial charge on any atom is -0.378 e. The number of rotatable bonds is 2. The maximum atomic E-state index is 12.2. The molecule has 2 saturated carbocycles. The SMILES string of the molecule is C[C@]12CCC(=O)N[C@@H]1CC[C@@H]1[C@@H]2CC[C@]2(C)c3nc4ncnn4c(-c4ccc(N5CCOCC5)cc4)c3C[C@@H]12. The van der Waals surface area contributed by atoms with Crippen LogP contribution in [0.15, 0.2) is 30.6 Å². The van der Waals surface area contributed by atoms with E-state index in [1.165, 1.54) is 35.3 Å². The molecular formula is C31H38N6O2. The van der Waals surface area contributed by atoms with Crippen molar-refractivity contribution in [2.75, 3.05) is 31.2 Å². The van der Waals surface area contributed by atoms with Crippen molar-refractivity contribution < 1.29 is 9.53 Å². The Balaban J connectivity index is 1.19. The van der Waals surface area contributed by atoms with Crippen molar-refractivity contribution in [1.82, 2.24) is 24.9 Å². The Hall–Kier alpha value is -3.00. The molecule has 1 amide bonds. The van der Waals surface area contributed by atoms with Gasteiger partial charge in [0.05, 0.1) is 24.6 Å². The van der Waals surface area contributed by atoms with Gasteiger partial charge in [-0.2, -0.15) is 14.6 Å². The Labute approximate surface area is 229 Å². The fourth-order valence-electron chi connectivity index (χ4n) is 9.40. The Bertz CT molecular complexity index is 1450. The summed E-state index contributed by atoms with van der Waals surface area (Å²) in [6.45, 7) is 8.38. The largest absolute Gasteiger partial charge is 0.378 e. The molecular weight excluding hydrogens is 488 g/mol. The topological polar surface area (TPSA) is 84.7 Å². The lowest BCUT2D eigenvalue weighted by molar-refractivity contribution is -0.134. The second-order valence-corrected chi connectivity index (χ2v) is 13.1. The van der Waals surface area contributed by atoms with Crippen LogP contribution in [0.1, 0.15) is 63.6 Å². The zero-order valence-electron chi connectivity index (χ0n) is 23.0. The van der Waals surface area contributed by atoms with Crippen LogP contribution in [0.4, 0.5) is 5.69 Å². The maximum Gasteiger partial charge on any atom is 0.252 e. The summed E-state index contributed by atoms with van der Waals surface area (Å²) in [7, 11) is 0. The molecule has 8 heteroatoms. The van der Waals surface area contributed by atoms with Gasteiger partial charge in [0.15, 0.2) is 0 Å². The van der Waals surface area contributed by atoms with Gasteiger partial charge >= 0.3 is 0 Å². The number of nitrogens with zero attached hydrogens (tertiary/aromatic N) is 5. The zero-order chi connectivity index (χ0) is 26.4. The monoisotopic (exact) mass is 526 g/mol. The Morgan fingerprint density at radius 3 is 2.67 bits per heavy atom. The van der Waals surface area contributed by atoms with Crippen molar-refractivity contribution in [3.8, 4) is 11.3 Å². The third kappa shape index (κ3) is 3.39. The van der Waals surface area contributed by atoms with Gasteiger partial charge in [0.25, 0.3) is 5.78 Å². The third-order valence-electron chi connectivity index (χ3n) is 11.5. The van der Waals surface area contributed by atoms with Gasteiger partial charge in [-0.25, -0.2) is 4.98 Å². The molecule has 2 saturated heterocycles. The highest BCUT2D eigenvalue weighted by Crippen LogP contribution is 2.63. The Morgan fingerprint density at radius 2 is 1.85 bits per heavy atom. The summed E-state index contributed by atoms with van der Waals surface area (Å²) < 4.78 is 7.52. The molecule has 4 heterocycles. The summed E-state index contributed by atoms with van der Waals surface area (Å²) in [6, 6.07) is 9.33. The van der Waals surface area contributed by atoms with Crippen molar-refractivity contribution in [3.63, 3.8) is 0 Å². The molecule has 5 aliphatic rings. The second-order valence-electron chi connectivity index (χ2n) is 13.1. The summed E-state index contributed by atoms with van der Waals surface area (Å²) in [5.74, 6) is 2.83. The second kappa shape index (κ2) is 8.50. The fourth-order valence-corrected chi connectivity index (χ4v) is 9.40. The smallest absolute Gasteiger partial charge is 0.252 e. The van der Waals surface area contributed by atoms with Crippen LogP contribution in [0, 0.1) is 23.2 Å². The molecule has 39 heavy (non-hydrogen) atoms. The number of ether oxygens (including phenoxy) is 1. The van der Waals surface area contributed by atoms with E-state index in [9.17, 15) is 4.79 Å². The minimum absolute atomic E-state index is 0.0494. The van der Waals surface area contributed by atoms with Gasteiger partial charge in [0, 0.05) is 47.8 Å². The van der Waals surface area contributed by atoms with E-state index < -0.39 is 0 Å². The van der Waals surface area contributed by atoms with Crippen molar-refractivity contribution in [2.24, 2.45) is 23.2 Å². The fraction of sp³-hybridized carbons (Fsp3) is 0.613. The minimum atomic E-state index is 0.0494. The first kappa shape index (κ1) is 23.9. The Kier molecular flexibility index (Phi) is 5.20. The molecule has 0 radical (unpaired) electrons. The lowest BCUT2D eigenvalue weighted by Gasteiger charge is -2.59. The van der Waals surface area contributed by atoms with E-state index in [0.29, 0.717) is 36.0 Å². The van der Waals surface area contributed by atoms with E-state index >= 15 is 0 Å². The number of benzene rings is 1. The molecule has 4 fully saturated rings. The lowest BCUT2D eigenvalue weighted by atomic mass is 9.47. The summed E-state index contributed by atoms with van der Waals surface area (Å²) in [6.07, 6.45) is 9.03. The van der Waals surface area contributed by atoms with Crippen LogP contribution in [-0.4, -0.2) is 57.8 Å². The number of amides is 1. The van der Waals surface area contributed by atoms with Crippen LogP contribution in [0.2, 0.25) is 0 Å². The summed E-state index contributed by atoms with van der Waals surface area (Å²) >= 11 is 0. The molecule has 0 spiro atoms. The average molecular weight is 527 g/mol. The Morgan fingerprint density at radius 1 is 1.03 bits per heavy atom. The first-order valence-corrected chi connectivity index (χ1v) is 14.9. The van der Waals surface area contributed by atoms with E-state index in [-0.39, 0.29) is 16.7 Å². The molecule has 204 valence electrons.